The molecule has 3 rings (SSSR count). The molecule has 1 amide bonds. The van der Waals surface area contributed by atoms with Crippen LogP contribution >= 0.6 is 0 Å². The van der Waals surface area contributed by atoms with Crippen LogP contribution in [0.5, 0.6) is 0 Å². The number of hydrogen-bond acceptors (Lipinski definition) is 4. The SMILES string of the molecule is CN1CCN(C2=Nc3ccccc3NC(=O)C2)CC1. The first kappa shape index (κ1) is 12.2. The van der Waals surface area contributed by atoms with Crippen molar-refractivity contribution >= 4 is 23.1 Å². The Kier molecular flexibility index (Phi) is 3.21. The summed E-state index contributed by atoms with van der Waals surface area (Å²) >= 11 is 0. The summed E-state index contributed by atoms with van der Waals surface area (Å²) in [6, 6.07) is 7.69. The van der Waals surface area contributed by atoms with Gasteiger partial charge in [-0.2, -0.15) is 0 Å². The quantitative estimate of drug-likeness (QED) is 0.763. The molecule has 0 radical (unpaired) electrons. The molecule has 0 saturated carbocycles. The molecule has 1 saturated heterocycles. The highest BCUT2D eigenvalue weighted by atomic mass is 16.1. The number of nitrogens with one attached hydrogen (secondary N) is 1. The van der Waals surface area contributed by atoms with Crippen LogP contribution in [0.2, 0.25) is 0 Å². The number of anilines is 1. The lowest BCUT2D eigenvalue weighted by Gasteiger charge is -2.34. The first-order chi connectivity index (χ1) is 9.22. The molecule has 1 N–H and O–H groups in total. The minimum Gasteiger partial charge on any atom is -0.357 e. The third-order valence-corrected chi connectivity index (χ3v) is 3.61. The van der Waals surface area contributed by atoms with Crippen LogP contribution in [0.15, 0.2) is 29.3 Å². The minimum absolute atomic E-state index is 0.0163. The molecule has 0 unspecified atom stereocenters. The molecule has 2 heterocycles. The summed E-state index contributed by atoms with van der Waals surface area (Å²) in [6.07, 6.45) is 0.360. The number of para-hydroxylation sites is 2. The van der Waals surface area contributed by atoms with E-state index in [2.05, 4.69) is 27.2 Å². The van der Waals surface area contributed by atoms with Crippen molar-refractivity contribution in [2.45, 2.75) is 6.42 Å². The summed E-state index contributed by atoms with van der Waals surface area (Å²) in [5.74, 6) is 0.901. The zero-order valence-electron chi connectivity index (χ0n) is 11.1. The van der Waals surface area contributed by atoms with E-state index in [0.29, 0.717) is 6.42 Å². The van der Waals surface area contributed by atoms with Gasteiger partial charge >= 0.3 is 0 Å². The van der Waals surface area contributed by atoms with Crippen LogP contribution in [-0.4, -0.2) is 54.8 Å². The minimum atomic E-state index is 0.0163. The molecule has 5 heteroatoms. The molecular formula is C14H18N4O. The second-order valence-electron chi connectivity index (χ2n) is 5.06. The fourth-order valence-electron chi connectivity index (χ4n) is 2.44. The Bertz CT molecular complexity index is 518. The number of aliphatic imine (C=N–C) groups is 1. The van der Waals surface area contributed by atoms with Gasteiger partial charge in [-0.3, -0.25) is 4.79 Å². The summed E-state index contributed by atoms with van der Waals surface area (Å²) in [4.78, 5) is 21.1. The van der Waals surface area contributed by atoms with Crippen LogP contribution in [0, 0.1) is 0 Å². The van der Waals surface area contributed by atoms with Crippen molar-refractivity contribution in [1.82, 2.24) is 9.80 Å². The van der Waals surface area contributed by atoms with Crippen LogP contribution in [0.25, 0.3) is 0 Å². The summed E-state index contributed by atoms with van der Waals surface area (Å²) in [7, 11) is 2.12. The first-order valence-electron chi connectivity index (χ1n) is 6.62. The van der Waals surface area contributed by atoms with Gasteiger partial charge in [-0.25, -0.2) is 4.99 Å². The van der Waals surface area contributed by atoms with Crippen molar-refractivity contribution < 1.29 is 4.79 Å². The van der Waals surface area contributed by atoms with Crippen LogP contribution in [0.4, 0.5) is 11.4 Å². The highest BCUT2D eigenvalue weighted by Crippen LogP contribution is 2.27. The van der Waals surface area contributed by atoms with Gasteiger partial charge in [0.05, 0.1) is 17.8 Å². The lowest BCUT2D eigenvalue weighted by Crippen LogP contribution is -2.47. The summed E-state index contributed by atoms with van der Waals surface area (Å²) in [6.45, 7) is 3.90. The number of piperazine rings is 1. The maximum absolute atomic E-state index is 11.9. The monoisotopic (exact) mass is 258 g/mol. The van der Waals surface area contributed by atoms with Gasteiger partial charge < -0.3 is 15.1 Å². The Morgan fingerprint density at radius 3 is 2.68 bits per heavy atom. The van der Waals surface area contributed by atoms with Gasteiger partial charge in [0.25, 0.3) is 0 Å². The predicted octanol–water partition coefficient (Wildman–Crippen LogP) is 1.31. The van der Waals surface area contributed by atoms with Crippen molar-refractivity contribution in [2.24, 2.45) is 4.99 Å². The average Bonchev–Trinajstić information content (AvgIpc) is 2.57. The Labute approximate surface area is 112 Å². The number of fused-ring (bicyclic) bond motifs is 1. The topological polar surface area (TPSA) is 47.9 Å². The van der Waals surface area contributed by atoms with E-state index in [1.807, 2.05) is 24.3 Å². The zero-order valence-corrected chi connectivity index (χ0v) is 11.1. The Morgan fingerprint density at radius 2 is 1.89 bits per heavy atom. The summed E-state index contributed by atoms with van der Waals surface area (Å²) in [5.41, 5.74) is 1.65. The molecule has 1 aromatic carbocycles. The fraction of sp³-hybridized carbons (Fsp3) is 0.429. The smallest absolute Gasteiger partial charge is 0.232 e. The molecule has 2 aliphatic rings. The maximum Gasteiger partial charge on any atom is 0.232 e. The van der Waals surface area contributed by atoms with Gasteiger partial charge in [0.15, 0.2) is 0 Å². The molecule has 1 fully saturated rings. The van der Waals surface area contributed by atoms with Gasteiger partial charge in [0.2, 0.25) is 5.91 Å². The van der Waals surface area contributed by atoms with Gasteiger partial charge in [-0.15, -0.1) is 0 Å². The number of benzene rings is 1. The number of likely N-dealkylation sites (N-methyl/N-ethyl adjacent to an activating group) is 1. The molecular weight excluding hydrogens is 240 g/mol. The third kappa shape index (κ3) is 2.61. The van der Waals surface area contributed by atoms with E-state index in [1.165, 1.54) is 0 Å². The Hall–Kier alpha value is -1.88. The van der Waals surface area contributed by atoms with E-state index in [4.69, 9.17) is 0 Å². The van der Waals surface area contributed by atoms with Crippen LogP contribution in [0.3, 0.4) is 0 Å². The normalized spacial score (nSPS) is 20.4. The summed E-state index contributed by atoms with van der Waals surface area (Å²) in [5, 5.41) is 2.91. The van der Waals surface area contributed by atoms with E-state index in [0.717, 1.165) is 43.4 Å². The summed E-state index contributed by atoms with van der Waals surface area (Å²) < 4.78 is 0. The second-order valence-corrected chi connectivity index (χ2v) is 5.06. The van der Waals surface area contributed by atoms with Crippen molar-refractivity contribution in [3.05, 3.63) is 24.3 Å². The fourth-order valence-corrected chi connectivity index (χ4v) is 2.44. The predicted molar refractivity (Wildman–Crippen MR) is 75.9 cm³/mol. The Morgan fingerprint density at radius 1 is 1.16 bits per heavy atom. The largest absolute Gasteiger partial charge is 0.357 e. The molecule has 2 aliphatic heterocycles. The molecule has 19 heavy (non-hydrogen) atoms. The number of rotatable bonds is 0. The van der Waals surface area contributed by atoms with Crippen LogP contribution in [0.1, 0.15) is 6.42 Å². The van der Waals surface area contributed by atoms with Crippen molar-refractivity contribution in [2.75, 3.05) is 38.5 Å². The first-order valence-corrected chi connectivity index (χ1v) is 6.62. The number of amides is 1. The van der Waals surface area contributed by atoms with Gasteiger partial charge in [0.1, 0.15) is 5.84 Å². The number of nitrogens with zero attached hydrogens (tertiary/aromatic N) is 3. The van der Waals surface area contributed by atoms with E-state index in [9.17, 15) is 4.79 Å². The number of carbonyl (C=O) groups excluding carboxylic acids is 1. The zero-order chi connectivity index (χ0) is 13.2. The molecule has 0 aliphatic carbocycles. The number of carbonyl (C=O) groups is 1. The van der Waals surface area contributed by atoms with E-state index < -0.39 is 0 Å². The highest BCUT2D eigenvalue weighted by Gasteiger charge is 2.22. The average molecular weight is 258 g/mol. The van der Waals surface area contributed by atoms with Crippen LogP contribution < -0.4 is 5.32 Å². The van der Waals surface area contributed by atoms with Crippen molar-refractivity contribution in [1.29, 1.82) is 0 Å². The van der Waals surface area contributed by atoms with Gasteiger partial charge in [-0.05, 0) is 19.2 Å². The molecule has 0 aromatic heterocycles. The number of amidine groups is 1. The lowest BCUT2D eigenvalue weighted by molar-refractivity contribution is -0.115. The van der Waals surface area contributed by atoms with E-state index in [1.54, 1.807) is 0 Å². The molecule has 5 nitrogen and oxygen atoms in total. The molecule has 100 valence electrons. The molecule has 0 atom stereocenters. The van der Waals surface area contributed by atoms with E-state index >= 15 is 0 Å². The van der Waals surface area contributed by atoms with Gasteiger partial charge in [0, 0.05) is 26.2 Å². The van der Waals surface area contributed by atoms with Crippen LogP contribution in [-0.2, 0) is 4.79 Å². The van der Waals surface area contributed by atoms with Crippen molar-refractivity contribution in [3.8, 4) is 0 Å². The Balaban J connectivity index is 1.88. The molecule has 1 aromatic rings. The van der Waals surface area contributed by atoms with Gasteiger partial charge in [-0.1, -0.05) is 12.1 Å². The van der Waals surface area contributed by atoms with Crippen molar-refractivity contribution in [3.63, 3.8) is 0 Å². The highest BCUT2D eigenvalue weighted by molar-refractivity contribution is 6.09. The number of hydrogen-bond donors (Lipinski definition) is 1. The van der Waals surface area contributed by atoms with E-state index in [-0.39, 0.29) is 5.91 Å². The lowest BCUT2D eigenvalue weighted by atomic mass is 10.2. The standard InChI is InChI=1S/C14H18N4O/c1-17-6-8-18(9-7-17)13-10-14(19)16-12-5-3-2-4-11(12)15-13/h2-5H,6-10H2,1H3,(H,16,19). The molecule has 0 spiro atoms. The maximum atomic E-state index is 11.9. The third-order valence-electron chi connectivity index (χ3n) is 3.61. The second kappa shape index (κ2) is 5.01. The molecule has 0 bridgehead atoms.